The number of benzene rings is 1. The number of carbonyl (C=O) groups is 2. The zero-order valence-corrected chi connectivity index (χ0v) is 15.1. The van der Waals surface area contributed by atoms with Crippen molar-refractivity contribution in [1.29, 1.82) is 0 Å². The van der Waals surface area contributed by atoms with E-state index in [0.29, 0.717) is 4.91 Å². The van der Waals surface area contributed by atoms with Gasteiger partial charge in [0.15, 0.2) is 0 Å². The number of carboxylic acids is 1. The lowest BCUT2D eigenvalue weighted by molar-refractivity contribution is -0.311. The molecule has 1 amide bonds. The van der Waals surface area contributed by atoms with E-state index in [1.165, 1.54) is 0 Å². The Kier molecular flexibility index (Phi) is 5.41. The average Bonchev–Trinajstić information content (AvgIpc) is 2.66. The molecule has 2 rings (SSSR count). The van der Waals surface area contributed by atoms with Gasteiger partial charge in [-0.2, -0.15) is 0 Å². The summed E-state index contributed by atoms with van der Waals surface area (Å²) in [6, 6.07) is 6.41. The number of aliphatic carboxylic acids is 1. The van der Waals surface area contributed by atoms with Gasteiger partial charge in [-0.1, -0.05) is 65.9 Å². The molecule has 0 aliphatic carbocycles. The van der Waals surface area contributed by atoms with E-state index in [1.54, 1.807) is 19.9 Å². The first-order chi connectivity index (χ1) is 10.3. The molecule has 1 atom stereocenters. The van der Waals surface area contributed by atoms with Crippen LogP contribution in [0.1, 0.15) is 19.4 Å². The third kappa shape index (κ3) is 3.59. The average molecular weight is 399 g/mol. The molecule has 7 heteroatoms. The van der Waals surface area contributed by atoms with Crippen molar-refractivity contribution in [2.24, 2.45) is 5.92 Å². The highest BCUT2D eigenvalue weighted by molar-refractivity contribution is 9.10. The van der Waals surface area contributed by atoms with Crippen LogP contribution in [0.2, 0.25) is 0 Å². The molecule has 0 unspecified atom stereocenters. The summed E-state index contributed by atoms with van der Waals surface area (Å²) in [6.45, 7) is 3.44. The Hall–Kier alpha value is -1.18. The summed E-state index contributed by atoms with van der Waals surface area (Å²) in [4.78, 5) is 25.4. The smallest absolute Gasteiger partial charge is 0.266 e. The molecular weight excluding hydrogens is 386 g/mol. The standard InChI is InChI=1S/C15H14BrNO3S2/c1-8(2)12(14(19)20)17-13(18)11(22-15(17)21)7-9-4-3-5-10(16)6-9/h3-8,12H,1-2H3,(H,19,20)/p-1/b11-7-/t12-/m0/s1. The molecule has 0 N–H and O–H groups in total. The van der Waals surface area contributed by atoms with E-state index in [9.17, 15) is 14.7 Å². The molecule has 1 aromatic carbocycles. The van der Waals surface area contributed by atoms with Crippen molar-refractivity contribution in [3.8, 4) is 0 Å². The van der Waals surface area contributed by atoms with Crippen LogP contribution >= 0.6 is 39.9 Å². The Balaban J connectivity index is 2.34. The summed E-state index contributed by atoms with van der Waals surface area (Å²) < 4.78 is 1.14. The van der Waals surface area contributed by atoms with E-state index >= 15 is 0 Å². The third-order valence-electron chi connectivity index (χ3n) is 3.12. The van der Waals surface area contributed by atoms with Crippen molar-refractivity contribution in [2.75, 3.05) is 0 Å². The van der Waals surface area contributed by atoms with Gasteiger partial charge in [0.1, 0.15) is 4.32 Å². The normalized spacial score (nSPS) is 18.4. The number of carbonyl (C=O) groups excluding carboxylic acids is 2. The summed E-state index contributed by atoms with van der Waals surface area (Å²) in [7, 11) is 0. The van der Waals surface area contributed by atoms with Gasteiger partial charge in [-0.05, 0) is 29.7 Å². The van der Waals surface area contributed by atoms with Gasteiger partial charge in [0, 0.05) is 4.47 Å². The number of rotatable bonds is 4. The second kappa shape index (κ2) is 6.93. The number of thiocarbonyl (C=S) groups is 1. The monoisotopic (exact) mass is 398 g/mol. The highest BCUT2D eigenvalue weighted by atomic mass is 79.9. The van der Waals surface area contributed by atoms with Gasteiger partial charge in [-0.25, -0.2) is 0 Å². The maximum atomic E-state index is 12.5. The number of carboxylic acid groups (broad SMARTS) is 1. The molecule has 22 heavy (non-hydrogen) atoms. The molecule has 1 fully saturated rings. The van der Waals surface area contributed by atoms with Crippen molar-refractivity contribution < 1.29 is 14.7 Å². The van der Waals surface area contributed by atoms with E-state index in [0.717, 1.165) is 26.7 Å². The molecule has 116 valence electrons. The molecule has 0 spiro atoms. The number of amides is 1. The molecule has 1 saturated heterocycles. The van der Waals surface area contributed by atoms with Crippen LogP contribution in [0, 0.1) is 5.92 Å². The lowest BCUT2D eigenvalue weighted by Crippen LogP contribution is -2.52. The highest BCUT2D eigenvalue weighted by Gasteiger charge is 2.38. The van der Waals surface area contributed by atoms with Gasteiger partial charge in [-0.15, -0.1) is 0 Å². The predicted octanol–water partition coefficient (Wildman–Crippen LogP) is 2.42. The number of hydrogen-bond donors (Lipinski definition) is 0. The van der Waals surface area contributed by atoms with Crippen LogP contribution in [-0.4, -0.2) is 27.1 Å². The Morgan fingerprint density at radius 1 is 1.45 bits per heavy atom. The van der Waals surface area contributed by atoms with Crippen LogP contribution < -0.4 is 5.11 Å². The molecule has 0 aromatic heterocycles. The van der Waals surface area contributed by atoms with Crippen molar-refractivity contribution in [2.45, 2.75) is 19.9 Å². The minimum Gasteiger partial charge on any atom is -0.548 e. The van der Waals surface area contributed by atoms with Gasteiger partial charge in [-0.3, -0.25) is 9.69 Å². The fourth-order valence-electron chi connectivity index (χ4n) is 2.14. The largest absolute Gasteiger partial charge is 0.548 e. The Labute approximate surface area is 146 Å². The minimum absolute atomic E-state index is 0.245. The Morgan fingerprint density at radius 3 is 2.68 bits per heavy atom. The van der Waals surface area contributed by atoms with Crippen LogP contribution in [-0.2, 0) is 9.59 Å². The van der Waals surface area contributed by atoms with Gasteiger partial charge in [0.05, 0.1) is 16.9 Å². The molecule has 0 saturated carbocycles. The Morgan fingerprint density at radius 2 is 2.14 bits per heavy atom. The fourth-order valence-corrected chi connectivity index (χ4v) is 3.89. The zero-order chi connectivity index (χ0) is 16.4. The second-order valence-corrected chi connectivity index (χ2v) is 7.71. The van der Waals surface area contributed by atoms with Crippen LogP contribution in [0.5, 0.6) is 0 Å². The number of halogens is 1. The quantitative estimate of drug-likeness (QED) is 0.575. The van der Waals surface area contributed by atoms with Gasteiger partial charge in [0.2, 0.25) is 0 Å². The van der Waals surface area contributed by atoms with Gasteiger partial charge >= 0.3 is 0 Å². The van der Waals surface area contributed by atoms with Gasteiger partial charge < -0.3 is 9.90 Å². The maximum absolute atomic E-state index is 12.5. The van der Waals surface area contributed by atoms with Crippen LogP contribution in [0.3, 0.4) is 0 Å². The zero-order valence-electron chi connectivity index (χ0n) is 11.9. The summed E-state index contributed by atoms with van der Waals surface area (Å²) in [5, 5.41) is 11.3. The Bertz CT molecular complexity index is 673. The summed E-state index contributed by atoms with van der Waals surface area (Å²) in [5.74, 6) is -1.98. The number of thioether (sulfide) groups is 1. The molecular formula is C15H13BrNO3S2-. The second-order valence-electron chi connectivity index (χ2n) is 5.11. The molecule has 4 nitrogen and oxygen atoms in total. The first-order valence-corrected chi connectivity index (χ1v) is 8.56. The molecule has 1 aromatic rings. The molecule has 0 radical (unpaired) electrons. The summed E-state index contributed by atoms with van der Waals surface area (Å²) in [5.41, 5.74) is 0.837. The highest BCUT2D eigenvalue weighted by Crippen LogP contribution is 2.35. The summed E-state index contributed by atoms with van der Waals surface area (Å²) >= 11 is 9.65. The van der Waals surface area contributed by atoms with Crippen molar-refractivity contribution >= 4 is 62.2 Å². The summed E-state index contributed by atoms with van der Waals surface area (Å²) in [6.07, 6.45) is 1.71. The van der Waals surface area contributed by atoms with Crippen molar-refractivity contribution in [3.63, 3.8) is 0 Å². The molecule has 1 heterocycles. The molecule has 1 aliphatic rings. The maximum Gasteiger partial charge on any atom is 0.266 e. The minimum atomic E-state index is -1.30. The van der Waals surface area contributed by atoms with Crippen molar-refractivity contribution in [3.05, 3.63) is 39.2 Å². The lowest BCUT2D eigenvalue weighted by atomic mass is 10.0. The third-order valence-corrected chi connectivity index (χ3v) is 4.94. The predicted molar refractivity (Wildman–Crippen MR) is 92.8 cm³/mol. The van der Waals surface area contributed by atoms with Gasteiger partial charge in [0.25, 0.3) is 5.91 Å². The first-order valence-electron chi connectivity index (χ1n) is 6.54. The number of hydrogen-bond acceptors (Lipinski definition) is 5. The topological polar surface area (TPSA) is 60.4 Å². The van der Waals surface area contributed by atoms with Crippen LogP contribution in [0.25, 0.3) is 6.08 Å². The molecule has 0 bridgehead atoms. The van der Waals surface area contributed by atoms with E-state index in [2.05, 4.69) is 15.9 Å². The molecule has 1 aliphatic heterocycles. The van der Waals surface area contributed by atoms with E-state index in [1.807, 2.05) is 24.3 Å². The van der Waals surface area contributed by atoms with Crippen molar-refractivity contribution in [1.82, 2.24) is 4.90 Å². The first kappa shape index (κ1) is 17.2. The van der Waals surface area contributed by atoms with E-state index in [4.69, 9.17) is 12.2 Å². The van der Waals surface area contributed by atoms with Crippen LogP contribution in [0.15, 0.2) is 33.6 Å². The SMILES string of the molecule is CC(C)[C@@H](C(=O)[O-])N1C(=O)/C(=C/c2cccc(Br)c2)SC1=S. The lowest BCUT2D eigenvalue weighted by Gasteiger charge is -2.30. The van der Waals surface area contributed by atoms with E-state index in [-0.39, 0.29) is 10.2 Å². The number of nitrogens with zero attached hydrogens (tertiary/aromatic N) is 1. The van der Waals surface area contributed by atoms with E-state index < -0.39 is 17.9 Å². The fraction of sp³-hybridized carbons (Fsp3) is 0.267. The van der Waals surface area contributed by atoms with Crippen LogP contribution in [0.4, 0.5) is 0 Å².